The van der Waals surface area contributed by atoms with Gasteiger partial charge in [0.05, 0.1) is 0 Å². The molecule has 0 saturated heterocycles. The van der Waals surface area contributed by atoms with Crippen LogP contribution < -0.4 is 5.32 Å². The van der Waals surface area contributed by atoms with Crippen LogP contribution in [0, 0.1) is 0 Å². The first-order chi connectivity index (χ1) is 14.6. The minimum Gasteiger partial charge on any atom is -0.479 e. The molecule has 0 aromatic heterocycles. The summed E-state index contributed by atoms with van der Waals surface area (Å²) in [7, 11) is 0. The second kappa shape index (κ2) is 7.02. The van der Waals surface area contributed by atoms with E-state index in [0.29, 0.717) is 6.42 Å². The molecular formula is C25H21NO4. The van der Waals surface area contributed by atoms with Crippen LogP contribution in [0.1, 0.15) is 34.9 Å². The van der Waals surface area contributed by atoms with Crippen LogP contribution in [-0.2, 0) is 9.53 Å². The highest BCUT2D eigenvalue weighted by atomic mass is 16.5. The molecule has 2 aliphatic carbocycles. The van der Waals surface area contributed by atoms with E-state index in [0.717, 1.165) is 27.8 Å². The van der Waals surface area contributed by atoms with Crippen LogP contribution in [-0.4, -0.2) is 29.3 Å². The summed E-state index contributed by atoms with van der Waals surface area (Å²) in [4.78, 5) is 24.5. The second-order valence-electron chi connectivity index (χ2n) is 7.89. The zero-order valence-corrected chi connectivity index (χ0v) is 16.2. The fourth-order valence-electron chi connectivity index (χ4n) is 4.60. The molecule has 30 heavy (non-hydrogen) atoms. The number of benzene rings is 3. The van der Waals surface area contributed by atoms with E-state index in [1.807, 2.05) is 66.7 Å². The molecule has 0 aliphatic heterocycles. The van der Waals surface area contributed by atoms with Gasteiger partial charge in [0.25, 0.3) is 0 Å². The Balaban J connectivity index is 1.31. The molecule has 5 nitrogen and oxygen atoms in total. The van der Waals surface area contributed by atoms with Crippen molar-refractivity contribution in [1.82, 2.24) is 5.32 Å². The molecule has 1 saturated carbocycles. The first-order valence-corrected chi connectivity index (χ1v) is 10.0. The predicted octanol–water partition coefficient (Wildman–Crippen LogP) is 4.54. The van der Waals surface area contributed by atoms with Gasteiger partial charge in [-0.2, -0.15) is 0 Å². The number of carboxylic acids is 1. The largest absolute Gasteiger partial charge is 0.479 e. The Labute approximate surface area is 174 Å². The normalized spacial score (nSPS) is 21.4. The molecule has 1 fully saturated rings. The number of carboxylic acid groups (broad SMARTS) is 1. The molecule has 0 unspecified atom stereocenters. The zero-order chi connectivity index (χ0) is 20.7. The van der Waals surface area contributed by atoms with E-state index in [4.69, 9.17) is 4.74 Å². The summed E-state index contributed by atoms with van der Waals surface area (Å²) < 4.78 is 5.54. The third-order valence-electron chi connectivity index (χ3n) is 6.21. The Hall–Kier alpha value is -3.60. The molecule has 0 radical (unpaired) electrons. The minimum absolute atomic E-state index is 0.0620. The van der Waals surface area contributed by atoms with Gasteiger partial charge in [0.15, 0.2) is 0 Å². The number of hydrogen-bond acceptors (Lipinski definition) is 3. The first kappa shape index (κ1) is 18.4. The predicted molar refractivity (Wildman–Crippen MR) is 112 cm³/mol. The Kier molecular flexibility index (Phi) is 4.31. The Bertz CT molecular complexity index is 1080. The Morgan fingerprint density at radius 2 is 1.47 bits per heavy atom. The number of fused-ring (bicyclic) bond motifs is 3. The van der Waals surface area contributed by atoms with Crippen molar-refractivity contribution in [2.75, 3.05) is 6.61 Å². The van der Waals surface area contributed by atoms with Crippen molar-refractivity contribution in [2.45, 2.75) is 23.8 Å². The molecule has 2 N–H and O–H groups in total. The molecule has 5 heteroatoms. The van der Waals surface area contributed by atoms with Gasteiger partial charge in [-0.25, -0.2) is 9.59 Å². The smallest absolute Gasteiger partial charge is 0.408 e. The molecule has 2 aliphatic rings. The quantitative estimate of drug-likeness (QED) is 0.661. The topological polar surface area (TPSA) is 75.6 Å². The van der Waals surface area contributed by atoms with Crippen molar-refractivity contribution in [2.24, 2.45) is 0 Å². The van der Waals surface area contributed by atoms with Crippen LogP contribution in [0.3, 0.4) is 0 Å². The summed E-state index contributed by atoms with van der Waals surface area (Å²) in [5.41, 5.74) is 4.13. The van der Waals surface area contributed by atoms with Gasteiger partial charge in [-0.05, 0) is 34.2 Å². The summed E-state index contributed by atoms with van der Waals surface area (Å²) in [6.45, 7) is 0.158. The van der Waals surface area contributed by atoms with Crippen LogP contribution in [0.15, 0.2) is 78.9 Å². The third kappa shape index (κ3) is 2.94. The van der Waals surface area contributed by atoms with Crippen LogP contribution in [0.2, 0.25) is 0 Å². The average Bonchev–Trinajstić information content (AvgIpc) is 3.42. The van der Waals surface area contributed by atoms with Crippen LogP contribution in [0.25, 0.3) is 11.1 Å². The first-order valence-electron chi connectivity index (χ1n) is 10.0. The van der Waals surface area contributed by atoms with Crippen LogP contribution >= 0.6 is 0 Å². The molecule has 0 spiro atoms. The number of rotatable bonds is 5. The molecule has 0 bridgehead atoms. The number of hydrogen-bond donors (Lipinski definition) is 2. The SMILES string of the molecule is O=C(N[C@]1(C(=O)O)C[C@@H]1c1ccccc1)OCC1c2ccccc2-c2ccccc21. The van der Waals surface area contributed by atoms with Crippen molar-refractivity contribution >= 4 is 12.1 Å². The zero-order valence-electron chi connectivity index (χ0n) is 16.2. The van der Waals surface area contributed by atoms with Gasteiger partial charge in [0.1, 0.15) is 12.1 Å². The van der Waals surface area contributed by atoms with Gasteiger partial charge in [-0.3, -0.25) is 0 Å². The summed E-state index contributed by atoms with van der Waals surface area (Å²) in [5.74, 6) is -1.35. The average molecular weight is 399 g/mol. The molecule has 3 aromatic carbocycles. The van der Waals surface area contributed by atoms with E-state index >= 15 is 0 Å². The van der Waals surface area contributed by atoms with Crippen molar-refractivity contribution in [3.8, 4) is 11.1 Å². The lowest BCUT2D eigenvalue weighted by Crippen LogP contribution is -2.45. The lowest BCUT2D eigenvalue weighted by atomic mass is 9.98. The highest BCUT2D eigenvalue weighted by molar-refractivity contribution is 5.90. The summed E-state index contributed by atoms with van der Waals surface area (Å²) in [5, 5.41) is 12.4. The maximum atomic E-state index is 12.6. The van der Waals surface area contributed by atoms with Gasteiger partial charge in [0, 0.05) is 11.8 Å². The number of carbonyl (C=O) groups is 2. The van der Waals surface area contributed by atoms with Crippen molar-refractivity contribution < 1.29 is 19.4 Å². The van der Waals surface area contributed by atoms with Crippen molar-refractivity contribution in [3.05, 3.63) is 95.6 Å². The number of aliphatic carboxylic acids is 1. The van der Waals surface area contributed by atoms with E-state index in [1.54, 1.807) is 0 Å². The number of nitrogens with one attached hydrogen (secondary N) is 1. The van der Waals surface area contributed by atoms with E-state index in [-0.39, 0.29) is 18.4 Å². The lowest BCUT2D eigenvalue weighted by molar-refractivity contribution is -0.140. The van der Waals surface area contributed by atoms with Crippen LogP contribution in [0.4, 0.5) is 4.79 Å². The van der Waals surface area contributed by atoms with Gasteiger partial charge >= 0.3 is 12.1 Å². The molecule has 2 atom stereocenters. The molecule has 3 aromatic rings. The van der Waals surface area contributed by atoms with E-state index in [9.17, 15) is 14.7 Å². The van der Waals surface area contributed by atoms with Gasteiger partial charge in [-0.1, -0.05) is 78.9 Å². The van der Waals surface area contributed by atoms with Crippen molar-refractivity contribution in [3.63, 3.8) is 0 Å². The summed E-state index contributed by atoms with van der Waals surface area (Å²) in [6.07, 6.45) is -0.339. The van der Waals surface area contributed by atoms with Gasteiger partial charge in [0.2, 0.25) is 0 Å². The molecule has 0 heterocycles. The highest BCUT2D eigenvalue weighted by Gasteiger charge is 2.62. The number of amides is 1. The second-order valence-corrected chi connectivity index (χ2v) is 7.89. The summed E-state index contributed by atoms with van der Waals surface area (Å²) in [6, 6.07) is 25.6. The van der Waals surface area contributed by atoms with Crippen molar-refractivity contribution in [1.29, 1.82) is 0 Å². The van der Waals surface area contributed by atoms with E-state index in [1.165, 1.54) is 0 Å². The lowest BCUT2D eigenvalue weighted by Gasteiger charge is -2.18. The fourth-order valence-corrected chi connectivity index (χ4v) is 4.60. The van der Waals surface area contributed by atoms with E-state index in [2.05, 4.69) is 17.4 Å². The van der Waals surface area contributed by atoms with Crippen LogP contribution in [0.5, 0.6) is 0 Å². The maximum absolute atomic E-state index is 12.6. The molecule has 5 rings (SSSR count). The number of carbonyl (C=O) groups excluding carboxylic acids is 1. The molecule has 150 valence electrons. The van der Waals surface area contributed by atoms with Gasteiger partial charge < -0.3 is 15.2 Å². The molecular weight excluding hydrogens is 378 g/mol. The maximum Gasteiger partial charge on any atom is 0.408 e. The monoisotopic (exact) mass is 399 g/mol. The minimum atomic E-state index is -1.30. The van der Waals surface area contributed by atoms with Gasteiger partial charge in [-0.15, -0.1) is 0 Å². The van der Waals surface area contributed by atoms with E-state index < -0.39 is 17.6 Å². The number of ether oxygens (including phenoxy) is 1. The third-order valence-corrected chi connectivity index (χ3v) is 6.21. The standard InChI is InChI=1S/C25H21NO4/c27-23(28)25(14-22(25)16-8-2-1-3-9-16)26-24(29)30-15-21-19-12-6-4-10-17(19)18-11-5-7-13-20(18)21/h1-13,21-22H,14-15H2,(H,26,29)(H,27,28)/t22-,25-/m1/s1. The highest BCUT2D eigenvalue weighted by Crippen LogP contribution is 2.51. The molecule has 1 amide bonds. The Morgan fingerprint density at radius 3 is 2.07 bits per heavy atom. The fraction of sp³-hybridized carbons (Fsp3) is 0.200. The summed E-state index contributed by atoms with van der Waals surface area (Å²) >= 11 is 0. The number of alkyl carbamates (subject to hydrolysis) is 1. The Morgan fingerprint density at radius 1 is 0.900 bits per heavy atom.